The first-order valence-corrected chi connectivity index (χ1v) is 7.98. The number of nitrogens with zero attached hydrogens (tertiary/aromatic N) is 2. The van der Waals surface area contributed by atoms with E-state index in [9.17, 15) is 9.90 Å². The Balaban J connectivity index is 1.88. The molecule has 4 nitrogen and oxygen atoms in total. The maximum absolute atomic E-state index is 11.3. The summed E-state index contributed by atoms with van der Waals surface area (Å²) in [5.74, 6) is 0.575. The Morgan fingerprint density at radius 2 is 2.04 bits per heavy atom. The first kappa shape index (κ1) is 14.3. The molecule has 1 fully saturated rings. The zero-order chi connectivity index (χ0) is 16.0. The largest absolute Gasteiger partial charge is 0.478 e. The first-order valence-electron chi connectivity index (χ1n) is 7.60. The average molecular weight is 327 g/mol. The number of benzene rings is 2. The highest BCUT2D eigenvalue weighted by Gasteiger charge is 2.30. The number of hydrogen-bond acceptors (Lipinski definition) is 2. The Hall–Kier alpha value is -2.33. The summed E-state index contributed by atoms with van der Waals surface area (Å²) >= 11 is 6.29. The lowest BCUT2D eigenvalue weighted by Gasteiger charge is -2.10. The van der Waals surface area contributed by atoms with E-state index in [2.05, 4.69) is 4.57 Å². The number of rotatable bonds is 4. The molecule has 1 aromatic heterocycles. The van der Waals surface area contributed by atoms with Crippen molar-refractivity contribution >= 4 is 28.6 Å². The van der Waals surface area contributed by atoms with Crippen LogP contribution in [-0.2, 0) is 6.54 Å². The van der Waals surface area contributed by atoms with E-state index in [1.54, 1.807) is 18.2 Å². The molecule has 0 amide bonds. The third-order valence-corrected chi connectivity index (χ3v) is 4.62. The van der Waals surface area contributed by atoms with Crippen LogP contribution >= 0.6 is 11.6 Å². The molecule has 0 radical (unpaired) electrons. The number of carboxylic acids is 1. The Kier molecular flexibility index (Phi) is 3.34. The van der Waals surface area contributed by atoms with Crippen molar-refractivity contribution in [1.82, 2.24) is 9.55 Å². The third kappa shape index (κ3) is 2.59. The van der Waals surface area contributed by atoms with Crippen molar-refractivity contribution in [2.45, 2.75) is 25.3 Å². The summed E-state index contributed by atoms with van der Waals surface area (Å²) < 4.78 is 2.11. The van der Waals surface area contributed by atoms with E-state index >= 15 is 0 Å². The van der Waals surface area contributed by atoms with Gasteiger partial charge in [-0.15, -0.1) is 0 Å². The molecule has 4 rings (SSSR count). The van der Waals surface area contributed by atoms with Gasteiger partial charge in [-0.05, 0) is 42.7 Å². The van der Waals surface area contributed by atoms with Crippen LogP contribution in [0, 0.1) is 0 Å². The zero-order valence-electron chi connectivity index (χ0n) is 12.4. The zero-order valence-corrected chi connectivity index (χ0v) is 13.1. The standard InChI is InChI=1S/C18H15ClN2O2/c19-14-4-2-1-3-13(14)10-21-16-9-12(18(22)23)7-8-15(16)20-17(21)11-5-6-11/h1-4,7-9,11H,5-6,10H2,(H,22,23). The van der Waals surface area contributed by atoms with Crippen LogP contribution in [0.5, 0.6) is 0 Å². The van der Waals surface area contributed by atoms with E-state index in [1.807, 2.05) is 24.3 Å². The highest BCUT2D eigenvalue weighted by molar-refractivity contribution is 6.31. The van der Waals surface area contributed by atoms with Crippen LogP contribution in [0.15, 0.2) is 42.5 Å². The molecular weight excluding hydrogens is 312 g/mol. The fourth-order valence-corrected chi connectivity index (χ4v) is 3.09. The topological polar surface area (TPSA) is 55.1 Å². The van der Waals surface area contributed by atoms with Crippen LogP contribution in [0.2, 0.25) is 5.02 Å². The van der Waals surface area contributed by atoms with E-state index in [1.165, 1.54) is 0 Å². The van der Waals surface area contributed by atoms with Gasteiger partial charge in [0.2, 0.25) is 0 Å². The number of imidazole rings is 1. The second kappa shape index (κ2) is 5.39. The number of carbonyl (C=O) groups is 1. The lowest BCUT2D eigenvalue weighted by Crippen LogP contribution is -2.05. The van der Waals surface area contributed by atoms with E-state index < -0.39 is 5.97 Å². The van der Waals surface area contributed by atoms with Gasteiger partial charge in [0, 0.05) is 10.9 Å². The number of aromatic nitrogens is 2. The van der Waals surface area contributed by atoms with Gasteiger partial charge in [0.15, 0.2) is 0 Å². The highest BCUT2D eigenvalue weighted by atomic mass is 35.5. The summed E-state index contributed by atoms with van der Waals surface area (Å²) in [6, 6.07) is 12.8. The van der Waals surface area contributed by atoms with Gasteiger partial charge in [-0.25, -0.2) is 9.78 Å². The number of hydrogen-bond donors (Lipinski definition) is 1. The van der Waals surface area contributed by atoms with Gasteiger partial charge in [-0.3, -0.25) is 0 Å². The third-order valence-electron chi connectivity index (χ3n) is 4.25. The van der Waals surface area contributed by atoms with Crippen LogP contribution in [0.1, 0.15) is 40.5 Å². The van der Waals surface area contributed by atoms with Gasteiger partial charge >= 0.3 is 5.97 Å². The molecule has 116 valence electrons. The van der Waals surface area contributed by atoms with Crippen LogP contribution in [0.4, 0.5) is 0 Å². The molecule has 0 aliphatic heterocycles. The molecule has 1 aliphatic carbocycles. The van der Waals surface area contributed by atoms with E-state index in [0.29, 0.717) is 17.5 Å². The molecule has 0 spiro atoms. The van der Waals surface area contributed by atoms with Crippen molar-refractivity contribution in [3.63, 3.8) is 0 Å². The summed E-state index contributed by atoms with van der Waals surface area (Å²) in [6.45, 7) is 0.602. The van der Waals surface area contributed by atoms with Crippen molar-refractivity contribution in [3.05, 3.63) is 64.4 Å². The van der Waals surface area contributed by atoms with Gasteiger partial charge < -0.3 is 9.67 Å². The number of aromatic carboxylic acids is 1. The normalized spacial score (nSPS) is 14.3. The van der Waals surface area contributed by atoms with Gasteiger partial charge in [-0.1, -0.05) is 29.8 Å². The summed E-state index contributed by atoms with van der Waals surface area (Å²) in [7, 11) is 0. The van der Waals surface area contributed by atoms with E-state index in [-0.39, 0.29) is 5.56 Å². The second-order valence-corrected chi connectivity index (χ2v) is 6.34. The van der Waals surface area contributed by atoms with Gasteiger partial charge in [0.1, 0.15) is 5.82 Å². The van der Waals surface area contributed by atoms with E-state index in [0.717, 1.165) is 35.3 Å². The molecule has 1 heterocycles. The van der Waals surface area contributed by atoms with E-state index in [4.69, 9.17) is 16.6 Å². The molecule has 0 saturated heterocycles. The van der Waals surface area contributed by atoms with Crippen molar-refractivity contribution in [1.29, 1.82) is 0 Å². The van der Waals surface area contributed by atoms with Gasteiger partial charge in [-0.2, -0.15) is 0 Å². The number of halogens is 1. The predicted octanol–water partition coefficient (Wildman–Crippen LogP) is 4.31. The summed E-state index contributed by atoms with van der Waals surface area (Å²) in [5.41, 5.74) is 2.98. The number of carboxylic acid groups (broad SMARTS) is 1. The maximum atomic E-state index is 11.3. The smallest absolute Gasteiger partial charge is 0.335 e. The fraction of sp³-hybridized carbons (Fsp3) is 0.222. The molecule has 2 aromatic carbocycles. The van der Waals surface area contributed by atoms with Crippen molar-refractivity contribution in [2.75, 3.05) is 0 Å². The Morgan fingerprint density at radius 1 is 1.26 bits per heavy atom. The van der Waals surface area contributed by atoms with Crippen molar-refractivity contribution in [2.24, 2.45) is 0 Å². The predicted molar refractivity (Wildman–Crippen MR) is 89.2 cm³/mol. The Morgan fingerprint density at radius 3 is 2.74 bits per heavy atom. The van der Waals surface area contributed by atoms with Crippen LogP contribution in [-0.4, -0.2) is 20.6 Å². The summed E-state index contributed by atoms with van der Waals surface area (Å²) in [4.78, 5) is 16.0. The molecule has 0 bridgehead atoms. The second-order valence-electron chi connectivity index (χ2n) is 5.93. The number of fused-ring (bicyclic) bond motifs is 1. The molecule has 3 aromatic rings. The minimum Gasteiger partial charge on any atom is -0.478 e. The SMILES string of the molecule is O=C(O)c1ccc2nc(C3CC3)n(Cc3ccccc3Cl)c2c1. The molecular formula is C18H15ClN2O2. The molecule has 1 saturated carbocycles. The molecule has 1 aliphatic rings. The fourth-order valence-electron chi connectivity index (χ4n) is 2.89. The summed E-state index contributed by atoms with van der Waals surface area (Å²) in [5, 5.41) is 9.96. The Bertz CT molecular complexity index is 913. The molecule has 5 heteroatoms. The minimum atomic E-state index is -0.926. The molecule has 1 N–H and O–H groups in total. The summed E-state index contributed by atoms with van der Waals surface area (Å²) in [6.07, 6.45) is 2.27. The Labute approximate surface area is 138 Å². The van der Waals surface area contributed by atoms with Crippen molar-refractivity contribution in [3.8, 4) is 0 Å². The van der Waals surface area contributed by atoms with Gasteiger partial charge in [0.25, 0.3) is 0 Å². The average Bonchev–Trinajstić information content (AvgIpc) is 3.32. The lowest BCUT2D eigenvalue weighted by molar-refractivity contribution is 0.0697. The quantitative estimate of drug-likeness (QED) is 0.777. The van der Waals surface area contributed by atoms with Crippen molar-refractivity contribution < 1.29 is 9.90 Å². The molecule has 0 atom stereocenters. The molecule has 23 heavy (non-hydrogen) atoms. The van der Waals surface area contributed by atoms with Crippen LogP contribution in [0.3, 0.4) is 0 Å². The maximum Gasteiger partial charge on any atom is 0.335 e. The lowest BCUT2D eigenvalue weighted by atomic mass is 10.2. The first-order chi connectivity index (χ1) is 11.1. The highest BCUT2D eigenvalue weighted by Crippen LogP contribution is 2.41. The minimum absolute atomic E-state index is 0.278. The van der Waals surface area contributed by atoms with Crippen LogP contribution in [0.25, 0.3) is 11.0 Å². The van der Waals surface area contributed by atoms with Gasteiger partial charge in [0.05, 0.1) is 23.1 Å². The monoisotopic (exact) mass is 326 g/mol. The molecule has 0 unspecified atom stereocenters. The van der Waals surface area contributed by atoms with Crippen LogP contribution < -0.4 is 0 Å².